The highest BCUT2D eigenvalue weighted by molar-refractivity contribution is 6.33. The zero-order valence-corrected chi connectivity index (χ0v) is 16.1. The van der Waals surface area contributed by atoms with Crippen LogP contribution in [0.2, 0.25) is 5.15 Å². The Labute approximate surface area is 159 Å². The third-order valence-corrected chi connectivity index (χ3v) is 5.34. The van der Waals surface area contributed by atoms with Crippen molar-refractivity contribution in [3.63, 3.8) is 0 Å². The summed E-state index contributed by atoms with van der Waals surface area (Å²) >= 11 is 6.52. The van der Waals surface area contributed by atoms with Gasteiger partial charge in [0.1, 0.15) is 11.7 Å². The van der Waals surface area contributed by atoms with E-state index >= 15 is 0 Å². The number of rotatable bonds is 5. The molecule has 1 fully saturated rings. The molecule has 7 heteroatoms. The van der Waals surface area contributed by atoms with E-state index in [0.717, 1.165) is 25.2 Å². The van der Waals surface area contributed by atoms with Crippen LogP contribution in [0.25, 0.3) is 0 Å². The number of hydrogen-bond donors (Lipinski definition) is 2. The molecule has 1 amide bonds. The van der Waals surface area contributed by atoms with Gasteiger partial charge in [0.25, 0.3) is 5.91 Å². The number of carbonyl (C=O) groups excluding carboxylic acids is 1. The Balaban J connectivity index is 1.73. The molecule has 140 valence electrons. The molecule has 0 atom stereocenters. The van der Waals surface area contributed by atoms with Gasteiger partial charge in [-0.25, -0.2) is 4.68 Å². The van der Waals surface area contributed by atoms with Crippen LogP contribution in [0.1, 0.15) is 27.2 Å². The van der Waals surface area contributed by atoms with Crippen LogP contribution in [-0.2, 0) is 6.54 Å². The summed E-state index contributed by atoms with van der Waals surface area (Å²) < 4.78 is 1.70. The van der Waals surface area contributed by atoms with E-state index in [4.69, 9.17) is 16.7 Å². The standard InChI is InChI=1S/C19H25ClN4O2/c1-14-3-5-16(6-4-14)13-24-18(20)17(15(2)21-24)19(26)23-9-7-22(8-10-23)11-12-25/h3-6,25H,7-13H2,1-2H3/p+1. The number of piperazine rings is 1. The molecule has 1 aliphatic rings. The number of aliphatic hydroxyl groups is 1. The van der Waals surface area contributed by atoms with Gasteiger partial charge in [-0.15, -0.1) is 0 Å². The first-order chi connectivity index (χ1) is 12.5. The fourth-order valence-electron chi connectivity index (χ4n) is 3.36. The summed E-state index contributed by atoms with van der Waals surface area (Å²) in [5.74, 6) is -0.0503. The first-order valence-electron chi connectivity index (χ1n) is 9.01. The predicted octanol–water partition coefficient (Wildman–Crippen LogP) is 0.535. The molecule has 3 rings (SSSR count). The molecular formula is C19H26ClN4O2+. The Morgan fingerprint density at radius 2 is 1.88 bits per heavy atom. The number of amides is 1. The highest BCUT2D eigenvalue weighted by Gasteiger charge is 2.29. The zero-order valence-electron chi connectivity index (χ0n) is 15.3. The number of carbonyl (C=O) groups is 1. The molecule has 1 aromatic heterocycles. The van der Waals surface area contributed by atoms with Crippen LogP contribution >= 0.6 is 11.6 Å². The summed E-state index contributed by atoms with van der Waals surface area (Å²) in [5, 5.41) is 13.9. The van der Waals surface area contributed by atoms with Crippen LogP contribution in [0, 0.1) is 13.8 Å². The van der Waals surface area contributed by atoms with E-state index in [2.05, 4.69) is 17.2 Å². The monoisotopic (exact) mass is 377 g/mol. The van der Waals surface area contributed by atoms with Gasteiger partial charge in [-0.05, 0) is 19.4 Å². The van der Waals surface area contributed by atoms with Crippen molar-refractivity contribution in [2.45, 2.75) is 20.4 Å². The van der Waals surface area contributed by atoms with Crippen LogP contribution in [0.3, 0.4) is 0 Å². The summed E-state index contributed by atoms with van der Waals surface area (Å²) in [5.41, 5.74) is 3.47. The third-order valence-electron chi connectivity index (χ3n) is 4.96. The average Bonchev–Trinajstić information content (AvgIpc) is 2.91. The van der Waals surface area contributed by atoms with Crippen molar-refractivity contribution in [3.8, 4) is 0 Å². The lowest BCUT2D eigenvalue weighted by molar-refractivity contribution is -0.904. The summed E-state index contributed by atoms with van der Waals surface area (Å²) in [6.45, 7) is 8.38. The van der Waals surface area contributed by atoms with Gasteiger partial charge >= 0.3 is 0 Å². The fourth-order valence-corrected chi connectivity index (χ4v) is 3.67. The Hall–Kier alpha value is -1.89. The third kappa shape index (κ3) is 4.09. The smallest absolute Gasteiger partial charge is 0.259 e. The molecular weight excluding hydrogens is 352 g/mol. The van der Waals surface area contributed by atoms with Crippen LogP contribution in [0.15, 0.2) is 24.3 Å². The number of nitrogens with zero attached hydrogens (tertiary/aromatic N) is 3. The number of aliphatic hydroxyl groups excluding tert-OH is 1. The molecule has 2 aromatic rings. The van der Waals surface area contributed by atoms with E-state index < -0.39 is 0 Å². The summed E-state index contributed by atoms with van der Waals surface area (Å²) in [7, 11) is 0. The number of quaternary nitrogens is 1. The minimum atomic E-state index is -0.0503. The summed E-state index contributed by atoms with van der Waals surface area (Å²) in [4.78, 5) is 16.1. The maximum atomic E-state index is 12.9. The molecule has 0 aliphatic carbocycles. The molecule has 0 saturated carbocycles. The van der Waals surface area contributed by atoms with Crippen molar-refractivity contribution in [2.24, 2.45) is 0 Å². The molecule has 26 heavy (non-hydrogen) atoms. The number of aromatic nitrogens is 2. The van der Waals surface area contributed by atoms with Crippen LogP contribution in [0.4, 0.5) is 0 Å². The van der Waals surface area contributed by atoms with Gasteiger partial charge in [-0.1, -0.05) is 41.4 Å². The van der Waals surface area contributed by atoms with Crippen LogP contribution in [-0.4, -0.2) is 65.0 Å². The Bertz CT molecular complexity index is 765. The first kappa shape index (κ1) is 18.9. The lowest BCUT2D eigenvalue weighted by Gasteiger charge is -2.31. The van der Waals surface area contributed by atoms with Crippen molar-refractivity contribution in [3.05, 3.63) is 51.8 Å². The normalized spacial score (nSPS) is 15.5. The number of nitrogens with one attached hydrogen (secondary N) is 1. The van der Waals surface area contributed by atoms with Gasteiger partial charge in [0.2, 0.25) is 0 Å². The van der Waals surface area contributed by atoms with Crippen LogP contribution in [0.5, 0.6) is 0 Å². The second-order valence-electron chi connectivity index (χ2n) is 6.91. The second-order valence-corrected chi connectivity index (χ2v) is 7.27. The Morgan fingerprint density at radius 1 is 1.23 bits per heavy atom. The lowest BCUT2D eigenvalue weighted by Crippen LogP contribution is -3.15. The van der Waals surface area contributed by atoms with E-state index in [9.17, 15) is 4.79 Å². The van der Waals surface area contributed by atoms with Gasteiger partial charge in [-0.3, -0.25) is 4.79 Å². The molecule has 6 nitrogen and oxygen atoms in total. The largest absolute Gasteiger partial charge is 0.391 e. The van der Waals surface area contributed by atoms with Crippen molar-refractivity contribution < 1.29 is 14.8 Å². The van der Waals surface area contributed by atoms with Gasteiger partial charge in [-0.2, -0.15) is 5.10 Å². The highest BCUT2D eigenvalue weighted by Crippen LogP contribution is 2.23. The van der Waals surface area contributed by atoms with E-state index in [-0.39, 0.29) is 12.5 Å². The van der Waals surface area contributed by atoms with Gasteiger partial charge in [0.15, 0.2) is 0 Å². The minimum absolute atomic E-state index is 0.0503. The van der Waals surface area contributed by atoms with Crippen molar-refractivity contribution >= 4 is 17.5 Å². The lowest BCUT2D eigenvalue weighted by atomic mass is 10.1. The quantitative estimate of drug-likeness (QED) is 0.799. The van der Waals surface area contributed by atoms with Gasteiger partial charge in [0.05, 0.1) is 50.6 Å². The van der Waals surface area contributed by atoms with Gasteiger partial charge < -0.3 is 14.9 Å². The van der Waals surface area contributed by atoms with Crippen molar-refractivity contribution in [1.29, 1.82) is 0 Å². The van der Waals surface area contributed by atoms with Crippen LogP contribution < -0.4 is 4.90 Å². The molecule has 2 N–H and O–H groups in total. The molecule has 0 radical (unpaired) electrons. The maximum absolute atomic E-state index is 12.9. The Morgan fingerprint density at radius 3 is 2.50 bits per heavy atom. The van der Waals surface area contributed by atoms with E-state index in [1.165, 1.54) is 10.5 Å². The molecule has 0 bridgehead atoms. The predicted molar refractivity (Wildman–Crippen MR) is 101 cm³/mol. The Kier molecular flexibility index (Phi) is 5.96. The SMILES string of the molecule is Cc1ccc(Cn2nc(C)c(C(=O)N3CC[NH+](CCO)CC3)c2Cl)cc1. The molecule has 2 heterocycles. The molecule has 0 unspecified atom stereocenters. The highest BCUT2D eigenvalue weighted by atomic mass is 35.5. The summed E-state index contributed by atoms with van der Waals surface area (Å²) in [6.07, 6.45) is 0. The van der Waals surface area contributed by atoms with E-state index in [1.807, 2.05) is 30.9 Å². The average molecular weight is 378 g/mol. The number of aryl methyl sites for hydroxylation is 2. The van der Waals surface area contributed by atoms with E-state index in [1.54, 1.807) is 4.68 Å². The first-order valence-corrected chi connectivity index (χ1v) is 9.39. The maximum Gasteiger partial charge on any atom is 0.259 e. The molecule has 1 saturated heterocycles. The molecule has 1 aromatic carbocycles. The van der Waals surface area contributed by atoms with Crippen molar-refractivity contribution in [1.82, 2.24) is 14.7 Å². The minimum Gasteiger partial charge on any atom is -0.391 e. The fraction of sp³-hybridized carbons (Fsp3) is 0.474. The number of halogens is 1. The van der Waals surface area contributed by atoms with Gasteiger partial charge in [0, 0.05) is 0 Å². The number of hydrogen-bond acceptors (Lipinski definition) is 3. The molecule has 0 spiro atoms. The summed E-state index contributed by atoms with van der Waals surface area (Å²) in [6, 6.07) is 8.21. The van der Waals surface area contributed by atoms with E-state index in [0.29, 0.717) is 36.0 Å². The molecule has 1 aliphatic heterocycles. The zero-order chi connectivity index (χ0) is 18.7. The topological polar surface area (TPSA) is 62.8 Å². The second kappa shape index (κ2) is 8.20. The van der Waals surface area contributed by atoms with Crippen molar-refractivity contribution in [2.75, 3.05) is 39.3 Å². The number of benzene rings is 1.